The van der Waals surface area contributed by atoms with Gasteiger partial charge in [-0.2, -0.15) is 4.57 Å². The second-order valence-electron chi connectivity index (χ2n) is 3.20. The number of nitrogens with zero attached hydrogens (tertiary/aromatic N) is 2. The summed E-state index contributed by atoms with van der Waals surface area (Å²) < 4.78 is -0.776. The van der Waals surface area contributed by atoms with Crippen LogP contribution in [0.25, 0.3) is 0 Å². The van der Waals surface area contributed by atoms with Gasteiger partial charge >= 0.3 is 5.69 Å². The van der Waals surface area contributed by atoms with Gasteiger partial charge in [0.1, 0.15) is 0 Å². The summed E-state index contributed by atoms with van der Waals surface area (Å²) in [6, 6.07) is 1.10. The second kappa shape index (κ2) is 4.64. The Morgan fingerprint density at radius 1 is 1.44 bits per heavy atom. The zero-order valence-corrected chi connectivity index (χ0v) is 11.7. The number of alkyl halides is 2. The van der Waals surface area contributed by atoms with Crippen LogP contribution < -0.4 is 11.2 Å². The van der Waals surface area contributed by atoms with Crippen molar-refractivity contribution < 1.29 is 4.79 Å². The fourth-order valence-electron chi connectivity index (χ4n) is 0.942. The Bertz CT molecular complexity index is 490. The number of aromatic nitrogens is 2. The van der Waals surface area contributed by atoms with Gasteiger partial charge < -0.3 is 4.98 Å². The van der Waals surface area contributed by atoms with E-state index in [4.69, 9.17) is 0 Å². The van der Waals surface area contributed by atoms with Gasteiger partial charge in [-0.05, 0) is 46.0 Å². The summed E-state index contributed by atoms with van der Waals surface area (Å²) in [4.78, 5) is 38.5. The van der Waals surface area contributed by atoms with Crippen LogP contribution in [-0.2, 0) is 0 Å². The highest BCUT2D eigenvalue weighted by Gasteiger charge is 2.37. The Hall–Kier alpha value is -0.730. The van der Waals surface area contributed by atoms with Gasteiger partial charge in [0.05, 0.1) is 0 Å². The van der Waals surface area contributed by atoms with Gasteiger partial charge in [0.15, 0.2) is 0 Å². The van der Waals surface area contributed by atoms with Crippen LogP contribution in [0.3, 0.4) is 0 Å². The lowest BCUT2D eigenvalue weighted by Gasteiger charge is -2.26. The molecule has 0 aromatic carbocycles. The Kier molecular flexibility index (Phi) is 3.87. The molecule has 1 heterocycles. The van der Waals surface area contributed by atoms with Gasteiger partial charge in [-0.25, -0.2) is 4.79 Å². The molecule has 0 bridgehead atoms. The molecule has 0 aliphatic heterocycles. The van der Waals surface area contributed by atoms with Gasteiger partial charge in [0.2, 0.25) is 3.36 Å². The number of hydrogen-bond acceptors (Lipinski definition) is 4. The molecule has 0 radical (unpaired) electrons. The molecule has 1 aromatic heterocycles. The quantitative estimate of drug-likeness (QED) is 0.607. The van der Waals surface area contributed by atoms with Crippen molar-refractivity contribution in [1.82, 2.24) is 14.5 Å². The van der Waals surface area contributed by atoms with E-state index in [1.165, 1.54) is 11.1 Å². The number of H-pyrrole nitrogens is 1. The zero-order valence-electron chi connectivity index (χ0n) is 8.53. The van der Waals surface area contributed by atoms with E-state index in [9.17, 15) is 14.4 Å². The van der Waals surface area contributed by atoms with Crippen LogP contribution in [0.4, 0.5) is 0 Å². The van der Waals surface area contributed by atoms with E-state index in [0.29, 0.717) is 4.57 Å². The first-order valence-electron chi connectivity index (χ1n) is 4.19. The van der Waals surface area contributed by atoms with Crippen molar-refractivity contribution in [3.63, 3.8) is 0 Å². The third kappa shape index (κ3) is 2.33. The first-order chi connectivity index (χ1) is 7.28. The molecule has 6 nitrogen and oxygen atoms in total. The molecule has 88 valence electrons. The Balaban J connectivity index is 3.37. The minimum absolute atomic E-state index is 0.517. The highest BCUT2D eigenvalue weighted by Crippen LogP contribution is 2.29. The van der Waals surface area contributed by atoms with Gasteiger partial charge in [-0.1, -0.05) is 0 Å². The lowest BCUT2D eigenvalue weighted by atomic mass is 10.5. The first kappa shape index (κ1) is 13.3. The summed E-state index contributed by atoms with van der Waals surface area (Å²) >= 11 is 6.19. The number of carbonyl (C=O) groups excluding carboxylic acids is 1. The molecule has 8 heteroatoms. The molecule has 0 atom stereocenters. The molecule has 0 aliphatic carbocycles. The number of nitrogens with one attached hydrogen (secondary N) is 1. The van der Waals surface area contributed by atoms with Crippen LogP contribution in [0, 0.1) is 0 Å². The maximum atomic E-state index is 12.0. The van der Waals surface area contributed by atoms with Gasteiger partial charge in [-0.3, -0.25) is 14.5 Å². The molecule has 1 rings (SSSR count). The van der Waals surface area contributed by atoms with Crippen LogP contribution in [0.15, 0.2) is 21.9 Å². The Labute approximate surface area is 108 Å². The lowest BCUT2D eigenvalue weighted by Crippen LogP contribution is -2.50. The van der Waals surface area contributed by atoms with Crippen LogP contribution in [0.2, 0.25) is 0 Å². The monoisotopic (exact) mass is 353 g/mol. The van der Waals surface area contributed by atoms with Crippen molar-refractivity contribution in [2.75, 3.05) is 14.1 Å². The summed E-state index contributed by atoms with van der Waals surface area (Å²) in [6.07, 6.45) is 1.19. The molecule has 0 fully saturated rings. The third-order valence-corrected chi connectivity index (χ3v) is 3.98. The molecule has 0 spiro atoms. The van der Waals surface area contributed by atoms with Crippen LogP contribution >= 0.6 is 31.9 Å². The molecule has 0 unspecified atom stereocenters. The normalized spacial score (nSPS) is 11.8. The number of rotatable bonds is 2. The first-order valence-corrected chi connectivity index (χ1v) is 5.78. The lowest BCUT2D eigenvalue weighted by molar-refractivity contribution is 0.0830. The maximum absolute atomic E-state index is 12.0. The second-order valence-corrected chi connectivity index (χ2v) is 6.56. The van der Waals surface area contributed by atoms with Crippen LogP contribution in [-0.4, -0.2) is 37.8 Å². The largest absolute Gasteiger partial charge is 0.335 e. The maximum Gasteiger partial charge on any atom is 0.335 e. The van der Waals surface area contributed by atoms with E-state index < -0.39 is 20.5 Å². The highest BCUT2D eigenvalue weighted by molar-refractivity contribution is 9.25. The molecule has 0 saturated carbocycles. The van der Waals surface area contributed by atoms with E-state index in [2.05, 4.69) is 36.8 Å². The number of carbonyl (C=O) groups is 1. The fourth-order valence-corrected chi connectivity index (χ4v) is 1.30. The Morgan fingerprint density at radius 2 is 2.00 bits per heavy atom. The molecule has 0 saturated heterocycles. The zero-order chi connectivity index (χ0) is 12.5. The molecular weight excluding hydrogens is 346 g/mol. The molecule has 0 amide bonds. The van der Waals surface area contributed by atoms with E-state index in [1.54, 1.807) is 14.1 Å². The van der Waals surface area contributed by atoms with E-state index >= 15 is 0 Å². The van der Waals surface area contributed by atoms with Crippen molar-refractivity contribution in [3.8, 4) is 0 Å². The van der Waals surface area contributed by atoms with Crippen molar-refractivity contribution >= 4 is 37.8 Å². The molecule has 0 aliphatic rings. The van der Waals surface area contributed by atoms with E-state index in [1.807, 2.05) is 0 Å². The highest BCUT2D eigenvalue weighted by atomic mass is 79.9. The summed E-state index contributed by atoms with van der Waals surface area (Å²) in [6.45, 7) is 0. The van der Waals surface area contributed by atoms with Crippen molar-refractivity contribution in [3.05, 3.63) is 33.1 Å². The molecular formula is C8H9Br2N3O3. The van der Waals surface area contributed by atoms with Gasteiger partial charge in [0, 0.05) is 12.3 Å². The van der Waals surface area contributed by atoms with Gasteiger partial charge in [0.25, 0.3) is 11.5 Å². The van der Waals surface area contributed by atoms with Crippen LogP contribution in [0.1, 0.15) is 4.79 Å². The van der Waals surface area contributed by atoms with Crippen molar-refractivity contribution in [2.24, 2.45) is 0 Å². The average Bonchev–Trinajstić information content (AvgIpc) is 2.16. The predicted octanol–water partition coefficient (Wildman–Crippen LogP) is 0.182. The van der Waals surface area contributed by atoms with E-state index in [0.717, 1.165) is 6.07 Å². The third-order valence-electron chi connectivity index (χ3n) is 1.88. The van der Waals surface area contributed by atoms with E-state index in [-0.39, 0.29) is 0 Å². The predicted molar refractivity (Wildman–Crippen MR) is 66.2 cm³/mol. The summed E-state index contributed by atoms with van der Waals surface area (Å²) in [5, 5.41) is 0. The Morgan fingerprint density at radius 3 is 2.44 bits per heavy atom. The topological polar surface area (TPSA) is 75.2 Å². The number of halogens is 2. The SMILES string of the molecule is CN(C)C(Br)(Br)C(=O)n1c(=O)cc[nH]c1=O. The summed E-state index contributed by atoms with van der Waals surface area (Å²) in [5.41, 5.74) is -1.46. The molecule has 16 heavy (non-hydrogen) atoms. The number of hydrogen-bond donors (Lipinski definition) is 1. The molecule has 1 N–H and O–H groups in total. The number of aromatic amines is 1. The van der Waals surface area contributed by atoms with Crippen molar-refractivity contribution in [1.29, 1.82) is 0 Å². The smallest absolute Gasteiger partial charge is 0.314 e. The summed E-state index contributed by atoms with van der Waals surface area (Å²) in [7, 11) is 3.23. The van der Waals surface area contributed by atoms with Gasteiger partial charge in [-0.15, -0.1) is 0 Å². The van der Waals surface area contributed by atoms with Crippen LogP contribution in [0.5, 0.6) is 0 Å². The molecule has 1 aromatic rings. The minimum atomic E-state index is -1.29. The van der Waals surface area contributed by atoms with Crippen molar-refractivity contribution in [2.45, 2.75) is 3.36 Å². The average molecular weight is 355 g/mol. The summed E-state index contributed by atoms with van der Waals surface area (Å²) in [5.74, 6) is -0.718. The standard InChI is InChI=1S/C8H9Br2N3O3/c1-12(2)8(9,10)6(15)13-5(14)3-4-11-7(13)16/h3-4H,1-2H3,(H,11,16). The minimum Gasteiger partial charge on any atom is -0.314 e. The fraction of sp³-hybridized carbons (Fsp3) is 0.375. The number of likely N-dealkylation sites (N-methyl/N-ethyl adjacent to an activating group) is 1.